The monoisotopic (exact) mass is 695 g/mol. The van der Waals surface area contributed by atoms with Crippen LogP contribution in [0.15, 0.2) is 70.0 Å². The second-order valence-corrected chi connectivity index (χ2v) is 16.4. The summed E-state index contributed by atoms with van der Waals surface area (Å²) >= 11 is 8.03. The first kappa shape index (κ1) is 36.2. The molecule has 0 radical (unpaired) electrons. The van der Waals surface area contributed by atoms with Gasteiger partial charge in [-0.3, -0.25) is 9.59 Å². The first-order valence-electron chi connectivity index (χ1n) is 17.4. The van der Waals surface area contributed by atoms with Crippen LogP contribution in [-0.2, 0) is 14.3 Å². The summed E-state index contributed by atoms with van der Waals surface area (Å²) in [6, 6.07) is 14.8. The van der Waals surface area contributed by atoms with Crippen molar-refractivity contribution in [2.24, 2.45) is 28.6 Å². The fraction of sp³-hybridized carbons (Fsp3) is 0.550. The van der Waals surface area contributed by atoms with E-state index in [4.69, 9.17) is 16.3 Å². The van der Waals surface area contributed by atoms with Gasteiger partial charge in [0.1, 0.15) is 6.10 Å². The molecular weight excluding hydrogens is 645 g/mol. The molecular formula is C40H51Cl2NO3S. The summed E-state index contributed by atoms with van der Waals surface area (Å²) in [5.74, 6) is 2.41. The molecule has 3 saturated carbocycles. The Kier molecular flexibility index (Phi) is 11.4. The number of allylic oxidation sites excluding steroid dienone is 1. The number of ketones is 1. The van der Waals surface area contributed by atoms with Gasteiger partial charge in [-0.2, -0.15) is 0 Å². The minimum atomic E-state index is -0.0411. The molecule has 5 aliphatic rings. The number of hydrogen-bond donors (Lipinski definition) is 0. The predicted octanol–water partition coefficient (Wildman–Crippen LogP) is 10.4. The Balaban J connectivity index is 0.000000183. The molecule has 4 aliphatic carbocycles. The normalized spacial score (nSPS) is 31.2. The maximum atomic E-state index is 11.9. The number of fused-ring (bicyclic) bond motifs is 7. The van der Waals surface area contributed by atoms with Crippen molar-refractivity contribution >= 4 is 53.1 Å². The Morgan fingerprint density at radius 1 is 1.00 bits per heavy atom. The number of hydrogen-bond acceptors (Lipinski definition) is 5. The average Bonchev–Trinajstić information content (AvgIpc) is 3.37. The van der Waals surface area contributed by atoms with Gasteiger partial charge in [0.15, 0.2) is 5.78 Å². The van der Waals surface area contributed by atoms with Gasteiger partial charge in [-0.1, -0.05) is 74.0 Å². The molecule has 0 saturated heterocycles. The van der Waals surface area contributed by atoms with E-state index in [0.717, 1.165) is 56.0 Å². The summed E-state index contributed by atoms with van der Waals surface area (Å²) in [5.41, 5.74) is 5.70. The van der Waals surface area contributed by atoms with Crippen molar-refractivity contribution in [1.29, 1.82) is 0 Å². The lowest BCUT2D eigenvalue weighted by Crippen LogP contribution is -2.51. The molecule has 4 nitrogen and oxygen atoms in total. The number of halogens is 2. The predicted molar refractivity (Wildman–Crippen MR) is 196 cm³/mol. The molecule has 7 rings (SSSR count). The molecule has 0 amide bonds. The Hall–Kier alpha value is -2.05. The maximum Gasteiger partial charge on any atom is 0.305 e. The second kappa shape index (κ2) is 14.8. The van der Waals surface area contributed by atoms with Crippen LogP contribution in [0.1, 0.15) is 96.1 Å². The molecule has 6 unspecified atom stereocenters. The lowest BCUT2D eigenvalue weighted by Gasteiger charge is -2.57. The highest BCUT2D eigenvalue weighted by Crippen LogP contribution is 2.65. The van der Waals surface area contributed by atoms with Gasteiger partial charge in [0.2, 0.25) is 0 Å². The molecule has 6 atom stereocenters. The van der Waals surface area contributed by atoms with Crippen molar-refractivity contribution in [3.63, 3.8) is 0 Å². The van der Waals surface area contributed by atoms with Crippen LogP contribution >= 0.6 is 35.8 Å². The number of rotatable bonds is 5. The van der Waals surface area contributed by atoms with E-state index in [2.05, 4.69) is 75.3 Å². The van der Waals surface area contributed by atoms with Crippen LogP contribution in [0, 0.1) is 28.6 Å². The Bertz CT molecular complexity index is 1550. The fourth-order valence-corrected chi connectivity index (χ4v) is 10.7. The summed E-state index contributed by atoms with van der Waals surface area (Å²) in [5, 5.41) is 0.798. The lowest BCUT2D eigenvalue weighted by molar-refractivity contribution is -0.159. The van der Waals surface area contributed by atoms with Crippen molar-refractivity contribution in [3.8, 4) is 0 Å². The van der Waals surface area contributed by atoms with Gasteiger partial charge in [0.05, 0.1) is 0 Å². The molecule has 7 heteroatoms. The number of carbonyl (C=O) groups excluding carboxylic acids is 2. The summed E-state index contributed by atoms with van der Waals surface area (Å²) in [6.45, 7) is 7.74. The molecule has 2 aromatic carbocycles. The van der Waals surface area contributed by atoms with E-state index in [1.165, 1.54) is 51.3 Å². The van der Waals surface area contributed by atoms with Crippen LogP contribution in [0.2, 0.25) is 5.02 Å². The van der Waals surface area contributed by atoms with E-state index >= 15 is 0 Å². The quantitative estimate of drug-likeness (QED) is 0.249. The van der Waals surface area contributed by atoms with E-state index in [1.54, 1.807) is 0 Å². The SMILES string of the molecule is CCC(=O)OC1CCC2C3CCC4=CC(=O)CCC4(C)C3CCC12C.CN(C)CCC=C1c2ccccc2Sc2ccc(Cl)cc21.Cl. The first-order chi connectivity index (χ1) is 22.0. The summed E-state index contributed by atoms with van der Waals surface area (Å²) in [4.78, 5) is 28.6. The Morgan fingerprint density at radius 2 is 1.77 bits per heavy atom. The van der Waals surface area contributed by atoms with E-state index < -0.39 is 0 Å². The van der Waals surface area contributed by atoms with Gasteiger partial charge in [0, 0.05) is 39.6 Å². The highest BCUT2D eigenvalue weighted by molar-refractivity contribution is 7.99. The molecule has 0 spiro atoms. The smallest absolute Gasteiger partial charge is 0.305 e. The van der Waals surface area contributed by atoms with Gasteiger partial charge in [0.25, 0.3) is 0 Å². The number of benzene rings is 2. The van der Waals surface area contributed by atoms with Gasteiger partial charge >= 0.3 is 5.97 Å². The standard InChI is InChI=1S/C22H32O3.C18H18ClNS.ClH/c1-4-20(24)25-19-8-7-17-16-6-5-14-13-15(23)9-11-21(14,2)18(16)10-12-22(17,19)3;1-20(2)11-5-7-14-15-6-3-4-8-17(15)21-18-10-9-13(19)12-16(14)18;/h13,16-19H,4-12H2,1-3H3;3-4,6-10,12H,5,11H2,1-2H3;1H. The molecule has 2 aromatic rings. The summed E-state index contributed by atoms with van der Waals surface area (Å²) in [6.07, 6.45) is 14.6. The molecule has 3 fully saturated rings. The van der Waals surface area contributed by atoms with Gasteiger partial charge in [-0.15, -0.1) is 12.4 Å². The minimum Gasteiger partial charge on any atom is -0.462 e. The van der Waals surface area contributed by atoms with Crippen molar-refractivity contribution < 1.29 is 14.3 Å². The van der Waals surface area contributed by atoms with E-state index in [0.29, 0.717) is 24.0 Å². The third-order valence-corrected chi connectivity index (χ3v) is 13.4. The van der Waals surface area contributed by atoms with Crippen LogP contribution in [0.5, 0.6) is 0 Å². The first-order valence-corrected chi connectivity index (χ1v) is 18.6. The van der Waals surface area contributed by atoms with Crippen LogP contribution in [0.25, 0.3) is 5.57 Å². The maximum absolute atomic E-state index is 11.9. The number of esters is 1. The largest absolute Gasteiger partial charge is 0.462 e. The summed E-state index contributed by atoms with van der Waals surface area (Å²) in [7, 11) is 4.21. The molecule has 0 N–H and O–H groups in total. The van der Waals surface area contributed by atoms with Crippen molar-refractivity contribution in [3.05, 3.63) is 76.3 Å². The van der Waals surface area contributed by atoms with Crippen LogP contribution in [0.4, 0.5) is 0 Å². The van der Waals surface area contributed by atoms with Crippen LogP contribution in [0.3, 0.4) is 0 Å². The topological polar surface area (TPSA) is 46.6 Å². The van der Waals surface area contributed by atoms with Crippen LogP contribution in [-0.4, -0.2) is 43.4 Å². The number of ether oxygens (including phenoxy) is 1. The zero-order chi connectivity index (χ0) is 32.6. The van der Waals surface area contributed by atoms with Crippen molar-refractivity contribution in [2.45, 2.75) is 101 Å². The molecule has 254 valence electrons. The third kappa shape index (κ3) is 7.16. The minimum absolute atomic E-state index is 0. The van der Waals surface area contributed by atoms with E-state index in [9.17, 15) is 9.59 Å². The summed E-state index contributed by atoms with van der Waals surface area (Å²) < 4.78 is 5.86. The average molecular weight is 697 g/mol. The highest BCUT2D eigenvalue weighted by Gasteiger charge is 2.59. The highest BCUT2D eigenvalue weighted by atomic mass is 35.5. The number of nitrogens with zero attached hydrogens (tertiary/aromatic N) is 1. The van der Waals surface area contributed by atoms with E-state index in [-0.39, 0.29) is 35.3 Å². The molecule has 0 aromatic heterocycles. The van der Waals surface area contributed by atoms with Crippen molar-refractivity contribution in [2.75, 3.05) is 20.6 Å². The Labute approximate surface area is 297 Å². The van der Waals surface area contributed by atoms with Gasteiger partial charge < -0.3 is 9.64 Å². The molecule has 1 heterocycles. The number of carbonyl (C=O) groups is 2. The zero-order valence-electron chi connectivity index (χ0n) is 28.7. The lowest BCUT2D eigenvalue weighted by atomic mass is 9.47. The third-order valence-electron chi connectivity index (χ3n) is 12.0. The van der Waals surface area contributed by atoms with Gasteiger partial charge in [-0.25, -0.2) is 0 Å². The van der Waals surface area contributed by atoms with Gasteiger partial charge in [-0.05, 0) is 136 Å². The fourth-order valence-electron chi connectivity index (χ4n) is 9.48. The zero-order valence-corrected chi connectivity index (χ0v) is 31.0. The molecule has 1 aliphatic heterocycles. The van der Waals surface area contributed by atoms with Crippen molar-refractivity contribution in [1.82, 2.24) is 4.90 Å². The van der Waals surface area contributed by atoms with Crippen LogP contribution < -0.4 is 0 Å². The Morgan fingerprint density at radius 3 is 2.53 bits per heavy atom. The molecule has 47 heavy (non-hydrogen) atoms. The molecule has 0 bridgehead atoms. The van der Waals surface area contributed by atoms with E-state index in [1.807, 2.05) is 30.8 Å². The second-order valence-electron chi connectivity index (χ2n) is 14.9.